The lowest BCUT2D eigenvalue weighted by molar-refractivity contribution is 0.581. The monoisotopic (exact) mass is 928 g/mol. The first-order valence-corrected chi connectivity index (χ1v) is 26.2. The zero-order valence-electron chi connectivity index (χ0n) is 37.2. The van der Waals surface area contributed by atoms with Crippen molar-refractivity contribution in [3.63, 3.8) is 0 Å². The lowest BCUT2D eigenvalue weighted by Gasteiger charge is -2.33. The number of rotatable bonds is 8. The Hall–Kier alpha value is -8.34. The molecular weight excluding hydrogens is 887 g/mol. The fraction of sp³-hybridized carbons (Fsp3) is 0. The van der Waals surface area contributed by atoms with Gasteiger partial charge in [-0.2, -0.15) is 0 Å². The summed E-state index contributed by atoms with van der Waals surface area (Å²) >= 11 is 0. The van der Waals surface area contributed by atoms with Gasteiger partial charge in [0.25, 0.3) is 0 Å². The SMILES string of the molecule is O=P1(c2ccccc2)N(c2ccccc2)c2ccc(-c3ccc4oc5ccc(-c6ccc7c(c6)N(c6ccccc6)P(=O)(c6ccccc6)N7c6ccccc6)cc5c4c3)cc2N1c1ccccc1. The van der Waals surface area contributed by atoms with E-state index in [1.165, 1.54) is 0 Å². The second-order valence-corrected chi connectivity index (χ2v) is 22.1. The van der Waals surface area contributed by atoms with Crippen LogP contribution in [0.25, 0.3) is 44.2 Å². The van der Waals surface area contributed by atoms with Crippen molar-refractivity contribution < 1.29 is 13.5 Å². The quantitative estimate of drug-likeness (QED) is 0.141. The van der Waals surface area contributed by atoms with E-state index in [-0.39, 0.29) is 0 Å². The maximum atomic E-state index is 16.2. The van der Waals surface area contributed by atoms with E-state index in [0.717, 1.165) is 100 Å². The molecule has 9 heteroatoms. The topological polar surface area (TPSA) is 60.2 Å². The van der Waals surface area contributed by atoms with Crippen LogP contribution >= 0.6 is 14.9 Å². The average Bonchev–Trinajstić information content (AvgIpc) is 4.02. The highest BCUT2D eigenvalue weighted by molar-refractivity contribution is 7.76. The van der Waals surface area contributed by atoms with Gasteiger partial charge in [0.05, 0.1) is 33.4 Å². The van der Waals surface area contributed by atoms with Crippen molar-refractivity contribution in [3.8, 4) is 22.3 Å². The summed E-state index contributed by atoms with van der Waals surface area (Å²) in [6.45, 7) is 0. The standard InChI is InChI=1S/C60H42N4O3P2/c65-68(51-27-15-5-16-28-51)61(47-19-7-1-8-20-47)55-35-31-45(41-57(55)63(68)49-23-11-3-12-24-49)43-33-37-59-53(39-43)54-40-44(34-38-60(54)67-59)46-32-36-56-58(42-46)64(50-25-13-4-14-26-50)69(66,52-29-17-6-18-30-52)62(56)48-21-9-2-10-22-48/h1-42H. The highest BCUT2D eigenvalue weighted by Gasteiger charge is 2.50. The van der Waals surface area contributed by atoms with Crippen LogP contribution in [0.4, 0.5) is 45.5 Å². The first-order chi connectivity index (χ1) is 34.0. The van der Waals surface area contributed by atoms with Gasteiger partial charge in [0, 0.05) is 33.5 Å². The normalized spacial score (nSPS) is 17.4. The van der Waals surface area contributed by atoms with Gasteiger partial charge in [-0.05, 0) is 144 Å². The van der Waals surface area contributed by atoms with Crippen LogP contribution in [0.2, 0.25) is 0 Å². The Bertz CT molecular complexity index is 3570. The van der Waals surface area contributed by atoms with Crippen LogP contribution in [0, 0.1) is 0 Å². The van der Waals surface area contributed by atoms with E-state index < -0.39 is 14.9 Å². The van der Waals surface area contributed by atoms with Crippen LogP contribution in [0.3, 0.4) is 0 Å². The zero-order valence-corrected chi connectivity index (χ0v) is 38.9. The molecule has 11 aromatic rings. The van der Waals surface area contributed by atoms with E-state index >= 15 is 9.13 Å². The van der Waals surface area contributed by atoms with Crippen molar-refractivity contribution in [1.82, 2.24) is 0 Å². The lowest BCUT2D eigenvalue weighted by Crippen LogP contribution is -2.26. The Labute approximate surface area is 400 Å². The van der Waals surface area contributed by atoms with E-state index in [1.54, 1.807) is 0 Å². The molecule has 3 heterocycles. The van der Waals surface area contributed by atoms with E-state index in [0.29, 0.717) is 0 Å². The molecule has 2 aliphatic heterocycles. The van der Waals surface area contributed by atoms with Gasteiger partial charge in [-0.1, -0.05) is 133 Å². The Kier molecular flexibility index (Phi) is 9.59. The van der Waals surface area contributed by atoms with Crippen LogP contribution < -0.4 is 29.3 Å². The fourth-order valence-corrected chi connectivity index (χ4v) is 16.2. The third-order valence-electron chi connectivity index (χ3n) is 13.3. The second kappa shape index (κ2) is 16.2. The number of hydrogen-bond donors (Lipinski definition) is 0. The zero-order chi connectivity index (χ0) is 46.1. The molecule has 0 N–H and O–H groups in total. The number of benzene rings is 10. The summed E-state index contributed by atoms with van der Waals surface area (Å²) in [4.78, 5) is 0. The number of fused-ring (bicyclic) bond motifs is 5. The molecule has 0 spiro atoms. The van der Waals surface area contributed by atoms with Crippen molar-refractivity contribution in [1.29, 1.82) is 0 Å². The van der Waals surface area contributed by atoms with Gasteiger partial charge >= 0.3 is 14.9 Å². The third kappa shape index (κ3) is 6.43. The van der Waals surface area contributed by atoms with E-state index in [9.17, 15) is 0 Å². The Morgan fingerprint density at radius 3 is 0.884 bits per heavy atom. The molecule has 0 saturated carbocycles. The van der Waals surface area contributed by atoms with E-state index in [2.05, 4.69) is 60.7 Å². The molecule has 1 aromatic heterocycles. The molecule has 13 rings (SSSR count). The van der Waals surface area contributed by atoms with E-state index in [1.807, 2.05) is 213 Å². The van der Waals surface area contributed by atoms with E-state index in [4.69, 9.17) is 4.42 Å². The maximum absolute atomic E-state index is 16.2. The predicted octanol–water partition coefficient (Wildman–Crippen LogP) is 16.5. The Morgan fingerprint density at radius 2 is 0.551 bits per heavy atom. The van der Waals surface area contributed by atoms with Crippen molar-refractivity contribution in [2.75, 3.05) is 18.7 Å². The van der Waals surface area contributed by atoms with Gasteiger partial charge in [0.15, 0.2) is 0 Å². The van der Waals surface area contributed by atoms with Gasteiger partial charge in [0.1, 0.15) is 11.2 Å². The summed E-state index contributed by atoms with van der Waals surface area (Å²) < 4.78 is 47.0. The largest absolute Gasteiger partial charge is 0.456 e. The van der Waals surface area contributed by atoms with Crippen molar-refractivity contribution >= 4 is 92.9 Å². The first-order valence-electron chi connectivity index (χ1n) is 23.0. The summed E-state index contributed by atoms with van der Waals surface area (Å²) in [6.07, 6.45) is 0. The molecule has 0 saturated heterocycles. The average molecular weight is 929 g/mol. The minimum Gasteiger partial charge on any atom is -0.456 e. The highest BCUT2D eigenvalue weighted by Crippen LogP contribution is 2.71. The summed E-state index contributed by atoms with van der Waals surface area (Å²) in [6, 6.07) is 85.3. The highest BCUT2D eigenvalue weighted by atomic mass is 31.2. The molecule has 0 aliphatic carbocycles. The van der Waals surface area contributed by atoms with Crippen LogP contribution in [-0.2, 0) is 9.13 Å². The minimum absolute atomic E-state index is 0.743. The molecule has 2 atom stereocenters. The molecule has 0 radical (unpaired) electrons. The molecule has 0 bridgehead atoms. The molecule has 7 nitrogen and oxygen atoms in total. The molecule has 0 amide bonds. The minimum atomic E-state index is -3.52. The first kappa shape index (κ1) is 40.9. The van der Waals surface area contributed by atoms with Crippen LogP contribution in [0.5, 0.6) is 0 Å². The van der Waals surface area contributed by atoms with Gasteiger partial charge in [0.2, 0.25) is 0 Å². The number of hydrogen-bond acceptors (Lipinski definition) is 3. The van der Waals surface area contributed by atoms with Gasteiger partial charge in [-0.25, -0.2) is 0 Å². The van der Waals surface area contributed by atoms with Gasteiger partial charge < -0.3 is 4.42 Å². The molecule has 2 aliphatic rings. The summed E-state index contributed by atoms with van der Waals surface area (Å²) in [7, 11) is -7.03. The Morgan fingerprint density at radius 1 is 0.275 bits per heavy atom. The van der Waals surface area contributed by atoms with Crippen molar-refractivity contribution in [3.05, 3.63) is 255 Å². The van der Waals surface area contributed by atoms with Gasteiger partial charge in [-0.15, -0.1) is 0 Å². The smallest absolute Gasteiger partial charge is 0.301 e. The van der Waals surface area contributed by atoms with Crippen molar-refractivity contribution in [2.24, 2.45) is 0 Å². The summed E-state index contributed by atoms with van der Waals surface area (Å²) in [5.41, 5.74) is 12.4. The van der Waals surface area contributed by atoms with Crippen molar-refractivity contribution in [2.45, 2.75) is 0 Å². The molecule has 69 heavy (non-hydrogen) atoms. The number of para-hydroxylation sites is 4. The number of nitrogens with zero attached hydrogens (tertiary/aromatic N) is 4. The molecule has 0 fully saturated rings. The van der Waals surface area contributed by atoms with Crippen LogP contribution in [-0.4, -0.2) is 0 Å². The summed E-state index contributed by atoms with van der Waals surface area (Å²) in [5, 5.41) is 3.46. The second-order valence-electron chi connectivity index (χ2n) is 17.3. The molecule has 10 aromatic carbocycles. The number of furan rings is 1. The molecule has 2 unspecified atom stereocenters. The number of anilines is 8. The predicted molar refractivity (Wildman–Crippen MR) is 286 cm³/mol. The third-order valence-corrected chi connectivity index (χ3v) is 19.2. The van der Waals surface area contributed by atoms with Crippen LogP contribution in [0.15, 0.2) is 259 Å². The lowest BCUT2D eigenvalue weighted by atomic mass is 9.99. The fourth-order valence-electron chi connectivity index (χ4n) is 10.2. The molecular formula is C60H42N4O3P2. The maximum Gasteiger partial charge on any atom is 0.301 e. The van der Waals surface area contributed by atoms with Gasteiger partial charge in [-0.3, -0.25) is 27.8 Å². The summed E-state index contributed by atoms with van der Waals surface area (Å²) in [5.74, 6) is 0. The Balaban J connectivity index is 0.942. The molecule has 330 valence electrons. The van der Waals surface area contributed by atoms with Crippen LogP contribution in [0.1, 0.15) is 0 Å².